The fraction of sp³-hybridized carbons (Fsp3) is 0.417. The first-order valence-corrected chi connectivity index (χ1v) is 13.1. The minimum Gasteiger partial charge on any atom is -0.481 e. The lowest BCUT2D eigenvalue weighted by atomic mass is 9.91. The summed E-state index contributed by atoms with van der Waals surface area (Å²) in [6.45, 7) is 7.92. The van der Waals surface area contributed by atoms with Crippen LogP contribution in [0, 0.1) is 17.6 Å². The number of nitrogens with zero attached hydrogens (tertiary/aromatic N) is 2. The van der Waals surface area contributed by atoms with Gasteiger partial charge in [-0.3, -0.25) is 4.98 Å². The summed E-state index contributed by atoms with van der Waals surface area (Å²) < 4.78 is 62.2. The number of hydrogen-bond acceptors (Lipinski definition) is 6. The van der Waals surface area contributed by atoms with Crippen LogP contribution in [-0.2, 0) is 21.2 Å². The Labute approximate surface area is 208 Å². The molecule has 1 aromatic carbocycles. The van der Waals surface area contributed by atoms with E-state index < -0.39 is 37.7 Å². The van der Waals surface area contributed by atoms with E-state index in [-0.39, 0.29) is 29.3 Å². The molecule has 1 atom stereocenters. The fourth-order valence-corrected chi connectivity index (χ4v) is 4.41. The van der Waals surface area contributed by atoms with E-state index in [4.69, 9.17) is 21.1 Å². The quantitative estimate of drug-likeness (QED) is 0.526. The lowest BCUT2D eigenvalue weighted by Crippen LogP contribution is -2.41. The molecule has 2 aromatic rings. The number of sulfone groups is 1. The van der Waals surface area contributed by atoms with Gasteiger partial charge in [0.15, 0.2) is 27.2 Å². The van der Waals surface area contributed by atoms with Gasteiger partial charge < -0.3 is 14.4 Å². The third kappa shape index (κ3) is 6.70. The zero-order chi connectivity index (χ0) is 26.1. The summed E-state index contributed by atoms with van der Waals surface area (Å²) in [7, 11) is -3.78. The molecule has 7 nitrogen and oxygen atoms in total. The van der Waals surface area contributed by atoms with Gasteiger partial charge in [0.05, 0.1) is 15.6 Å². The largest absolute Gasteiger partial charge is 0.481 e. The van der Waals surface area contributed by atoms with Crippen LogP contribution in [0.1, 0.15) is 39.0 Å². The van der Waals surface area contributed by atoms with E-state index >= 15 is 0 Å². The highest BCUT2D eigenvalue weighted by molar-refractivity contribution is 7.90. The van der Waals surface area contributed by atoms with Crippen LogP contribution in [0.25, 0.3) is 5.57 Å². The molecule has 190 valence electrons. The Morgan fingerprint density at radius 3 is 2.37 bits per heavy atom. The lowest BCUT2D eigenvalue weighted by Gasteiger charge is -2.33. The van der Waals surface area contributed by atoms with E-state index in [9.17, 15) is 22.0 Å². The summed E-state index contributed by atoms with van der Waals surface area (Å²) in [6.07, 6.45) is 3.96. The highest BCUT2D eigenvalue weighted by Gasteiger charge is 2.28. The zero-order valence-electron chi connectivity index (χ0n) is 20.1. The van der Waals surface area contributed by atoms with Crippen LogP contribution in [0.2, 0.25) is 5.02 Å². The van der Waals surface area contributed by atoms with Crippen LogP contribution in [0.15, 0.2) is 35.4 Å². The van der Waals surface area contributed by atoms with Crippen molar-refractivity contribution in [3.63, 3.8) is 0 Å². The molecule has 0 fully saturated rings. The van der Waals surface area contributed by atoms with Crippen molar-refractivity contribution in [1.29, 1.82) is 0 Å². The molecule has 0 N–H and O–H groups in total. The zero-order valence-corrected chi connectivity index (χ0v) is 21.6. The summed E-state index contributed by atoms with van der Waals surface area (Å²) in [6, 6.07) is 3.07. The molecule has 1 aromatic heterocycles. The Hall–Kier alpha value is -2.72. The van der Waals surface area contributed by atoms with Gasteiger partial charge in [-0.15, -0.1) is 0 Å². The monoisotopic (exact) mass is 528 g/mol. The van der Waals surface area contributed by atoms with E-state index in [1.54, 1.807) is 17.2 Å². The number of benzene rings is 1. The molecule has 1 aliphatic rings. The van der Waals surface area contributed by atoms with Crippen molar-refractivity contribution in [3.8, 4) is 5.75 Å². The van der Waals surface area contributed by atoms with Gasteiger partial charge in [0.2, 0.25) is 0 Å². The van der Waals surface area contributed by atoms with Crippen molar-refractivity contribution in [1.82, 2.24) is 9.88 Å². The molecule has 2 heterocycles. The van der Waals surface area contributed by atoms with Crippen molar-refractivity contribution in [3.05, 3.63) is 58.4 Å². The van der Waals surface area contributed by atoms with Gasteiger partial charge in [-0.25, -0.2) is 22.0 Å². The van der Waals surface area contributed by atoms with E-state index in [1.807, 2.05) is 33.8 Å². The van der Waals surface area contributed by atoms with Crippen LogP contribution in [0.3, 0.4) is 0 Å². The number of aromatic nitrogens is 1. The van der Waals surface area contributed by atoms with E-state index in [0.717, 1.165) is 17.4 Å². The Balaban J connectivity index is 1.72. The van der Waals surface area contributed by atoms with Crippen LogP contribution in [0.4, 0.5) is 13.6 Å². The average Bonchev–Trinajstić information content (AvgIpc) is 2.72. The predicted octanol–water partition coefficient (Wildman–Crippen LogP) is 5.27. The standard InChI is InChI=1S/C24H27ClF2N2O5S/c1-14-12-29(23(30)34-24(2,3)4)7-6-17(14)15-8-18(25)21(28-11-15)13-33-22-19(26)9-16(10-20(22)27)35(5,31)32/h6,8-11,14H,7,12-13H2,1-5H3. The highest BCUT2D eigenvalue weighted by Crippen LogP contribution is 2.31. The van der Waals surface area contributed by atoms with E-state index in [1.165, 1.54) is 0 Å². The molecule has 0 radical (unpaired) electrons. The van der Waals surface area contributed by atoms with Crippen molar-refractivity contribution >= 4 is 33.1 Å². The van der Waals surface area contributed by atoms with Crippen LogP contribution in [-0.4, -0.2) is 49.3 Å². The molecular weight excluding hydrogens is 502 g/mol. The molecular formula is C24H27ClF2N2O5S. The Bertz CT molecular complexity index is 1250. The third-order valence-electron chi connectivity index (χ3n) is 5.21. The van der Waals surface area contributed by atoms with Gasteiger partial charge in [0.1, 0.15) is 12.2 Å². The molecule has 0 saturated heterocycles. The number of carbonyl (C=O) groups excluding carboxylic acids is 1. The lowest BCUT2D eigenvalue weighted by molar-refractivity contribution is 0.0251. The first-order chi connectivity index (χ1) is 16.2. The minimum absolute atomic E-state index is 0.00668. The van der Waals surface area contributed by atoms with Crippen LogP contribution >= 0.6 is 11.6 Å². The van der Waals surface area contributed by atoms with Gasteiger partial charge in [0.25, 0.3) is 0 Å². The maximum atomic E-state index is 14.2. The van der Waals surface area contributed by atoms with Crippen molar-refractivity contribution in [2.24, 2.45) is 5.92 Å². The van der Waals surface area contributed by atoms with E-state index in [0.29, 0.717) is 25.2 Å². The first kappa shape index (κ1) is 26.9. The molecule has 11 heteroatoms. The molecule has 0 aliphatic carbocycles. The average molecular weight is 529 g/mol. The van der Waals surface area contributed by atoms with Crippen LogP contribution < -0.4 is 4.74 Å². The van der Waals surface area contributed by atoms with Gasteiger partial charge in [-0.05, 0) is 56.0 Å². The molecule has 1 unspecified atom stereocenters. The van der Waals surface area contributed by atoms with Crippen LogP contribution in [0.5, 0.6) is 5.75 Å². The molecule has 0 bridgehead atoms. The maximum absolute atomic E-state index is 14.2. The maximum Gasteiger partial charge on any atom is 0.410 e. The predicted molar refractivity (Wildman–Crippen MR) is 128 cm³/mol. The number of carbonyl (C=O) groups is 1. The van der Waals surface area contributed by atoms with Gasteiger partial charge in [-0.1, -0.05) is 24.6 Å². The number of halogens is 3. The number of rotatable bonds is 5. The second kappa shape index (κ2) is 10.1. The Morgan fingerprint density at radius 1 is 1.23 bits per heavy atom. The number of ether oxygens (including phenoxy) is 2. The number of amides is 1. The molecule has 1 aliphatic heterocycles. The van der Waals surface area contributed by atoms with Gasteiger partial charge >= 0.3 is 6.09 Å². The van der Waals surface area contributed by atoms with E-state index in [2.05, 4.69) is 4.98 Å². The molecule has 3 rings (SSSR count). The minimum atomic E-state index is -3.78. The Morgan fingerprint density at radius 2 is 1.86 bits per heavy atom. The van der Waals surface area contributed by atoms with Gasteiger partial charge in [0, 0.05) is 25.5 Å². The summed E-state index contributed by atoms with van der Waals surface area (Å²) in [5.74, 6) is -3.01. The second-order valence-corrected chi connectivity index (χ2v) is 11.8. The molecule has 1 amide bonds. The fourth-order valence-electron chi connectivity index (χ4n) is 3.55. The summed E-state index contributed by atoms with van der Waals surface area (Å²) in [5.41, 5.74) is 1.38. The number of pyridine rings is 1. The van der Waals surface area contributed by atoms with Crippen molar-refractivity contribution in [2.45, 2.75) is 44.8 Å². The van der Waals surface area contributed by atoms with Gasteiger partial charge in [-0.2, -0.15) is 0 Å². The van der Waals surface area contributed by atoms with Crippen molar-refractivity contribution < 1.29 is 31.5 Å². The van der Waals surface area contributed by atoms with Crippen molar-refractivity contribution in [2.75, 3.05) is 19.3 Å². The summed E-state index contributed by atoms with van der Waals surface area (Å²) in [5, 5.41) is 0.235. The third-order valence-corrected chi connectivity index (χ3v) is 6.63. The number of hydrogen-bond donors (Lipinski definition) is 0. The first-order valence-electron chi connectivity index (χ1n) is 10.8. The second-order valence-electron chi connectivity index (χ2n) is 9.38. The normalized spacial score (nSPS) is 16.6. The molecule has 0 spiro atoms. The summed E-state index contributed by atoms with van der Waals surface area (Å²) in [4.78, 5) is 17.8. The smallest absolute Gasteiger partial charge is 0.410 e. The molecule has 35 heavy (non-hydrogen) atoms. The highest BCUT2D eigenvalue weighted by atomic mass is 35.5. The summed E-state index contributed by atoms with van der Waals surface area (Å²) >= 11 is 6.36. The topological polar surface area (TPSA) is 85.8 Å². The Kier molecular flexibility index (Phi) is 7.76. The molecule has 0 saturated carbocycles. The SMILES string of the molecule is CC1CN(C(=O)OC(C)(C)C)CC=C1c1cnc(COc2c(F)cc(S(C)(=O)=O)cc2F)c(Cl)c1.